The lowest BCUT2D eigenvalue weighted by Gasteiger charge is -2.27. The molecule has 0 aliphatic carbocycles. The highest BCUT2D eigenvalue weighted by Crippen LogP contribution is 2.10. The molecule has 2 nitrogen and oxygen atoms in total. The molecule has 2 heteroatoms. The van der Waals surface area contributed by atoms with Gasteiger partial charge in [-0.1, -0.05) is 37.3 Å². The minimum absolute atomic E-state index is 0.649. The number of hydrogen-bond acceptors (Lipinski definition) is 2. The van der Waals surface area contributed by atoms with Crippen LogP contribution >= 0.6 is 0 Å². The van der Waals surface area contributed by atoms with Gasteiger partial charge in [0.05, 0.1) is 0 Å². The predicted octanol–water partition coefficient (Wildman–Crippen LogP) is 2.16. The standard InChI is InChI=1S/C14H24N2/c1-4-14(16(3)11-10-15-2)12-13-8-6-5-7-9-13/h5-9,14-15H,4,10-12H2,1-3H3. The van der Waals surface area contributed by atoms with Gasteiger partial charge in [0.1, 0.15) is 0 Å². The quantitative estimate of drug-likeness (QED) is 0.757. The summed E-state index contributed by atoms with van der Waals surface area (Å²) in [7, 11) is 4.22. The second kappa shape index (κ2) is 7.42. The molecule has 1 rings (SSSR count). The van der Waals surface area contributed by atoms with Gasteiger partial charge in [0.25, 0.3) is 0 Å². The molecule has 0 saturated heterocycles. The molecule has 0 aliphatic heterocycles. The highest BCUT2D eigenvalue weighted by molar-refractivity contribution is 5.15. The molecule has 0 aliphatic rings. The second-order valence-electron chi connectivity index (χ2n) is 4.34. The second-order valence-corrected chi connectivity index (χ2v) is 4.34. The molecule has 0 heterocycles. The van der Waals surface area contributed by atoms with Crippen LogP contribution in [-0.2, 0) is 6.42 Å². The number of nitrogens with zero attached hydrogens (tertiary/aromatic N) is 1. The van der Waals surface area contributed by atoms with Crippen LogP contribution in [0.15, 0.2) is 30.3 Å². The molecule has 1 unspecified atom stereocenters. The first-order valence-electron chi connectivity index (χ1n) is 6.16. The highest BCUT2D eigenvalue weighted by Gasteiger charge is 2.12. The Morgan fingerprint density at radius 2 is 1.94 bits per heavy atom. The van der Waals surface area contributed by atoms with Crippen molar-refractivity contribution in [2.45, 2.75) is 25.8 Å². The van der Waals surface area contributed by atoms with E-state index in [1.807, 2.05) is 7.05 Å². The fourth-order valence-corrected chi connectivity index (χ4v) is 1.97. The topological polar surface area (TPSA) is 15.3 Å². The molecule has 0 bridgehead atoms. The first-order valence-corrected chi connectivity index (χ1v) is 6.16. The molecule has 0 fully saturated rings. The van der Waals surface area contributed by atoms with Crippen molar-refractivity contribution < 1.29 is 0 Å². The van der Waals surface area contributed by atoms with E-state index in [1.54, 1.807) is 0 Å². The largest absolute Gasteiger partial charge is 0.318 e. The third-order valence-corrected chi connectivity index (χ3v) is 3.12. The Balaban J connectivity index is 2.48. The summed E-state index contributed by atoms with van der Waals surface area (Å²) in [6.45, 7) is 4.44. The highest BCUT2D eigenvalue weighted by atomic mass is 15.1. The summed E-state index contributed by atoms with van der Waals surface area (Å²) in [5, 5.41) is 3.20. The number of rotatable bonds is 7. The van der Waals surface area contributed by atoms with Gasteiger partial charge in [-0.2, -0.15) is 0 Å². The lowest BCUT2D eigenvalue weighted by molar-refractivity contribution is 0.236. The minimum atomic E-state index is 0.649. The van der Waals surface area contributed by atoms with Gasteiger partial charge in [-0.05, 0) is 32.5 Å². The first-order chi connectivity index (χ1) is 7.77. The Kier molecular flexibility index (Phi) is 6.12. The Morgan fingerprint density at radius 3 is 2.50 bits per heavy atom. The van der Waals surface area contributed by atoms with E-state index in [2.05, 4.69) is 54.5 Å². The predicted molar refractivity (Wildman–Crippen MR) is 70.8 cm³/mol. The molecule has 0 saturated carbocycles. The van der Waals surface area contributed by atoms with Crippen LogP contribution in [-0.4, -0.2) is 38.1 Å². The van der Waals surface area contributed by atoms with Gasteiger partial charge < -0.3 is 10.2 Å². The zero-order valence-electron chi connectivity index (χ0n) is 10.7. The van der Waals surface area contributed by atoms with E-state index in [-0.39, 0.29) is 0 Å². The summed E-state index contributed by atoms with van der Waals surface area (Å²) < 4.78 is 0. The SMILES string of the molecule is CCC(Cc1ccccc1)N(C)CCNC. The number of hydrogen-bond donors (Lipinski definition) is 1. The van der Waals surface area contributed by atoms with Crippen molar-refractivity contribution in [1.29, 1.82) is 0 Å². The van der Waals surface area contributed by atoms with Crippen LogP contribution in [0.3, 0.4) is 0 Å². The van der Waals surface area contributed by atoms with Crippen LogP contribution in [0.25, 0.3) is 0 Å². The molecule has 16 heavy (non-hydrogen) atoms. The lowest BCUT2D eigenvalue weighted by Crippen LogP contribution is -2.37. The Labute approximate surface area is 99.7 Å². The van der Waals surface area contributed by atoms with E-state index in [0.29, 0.717) is 6.04 Å². The zero-order chi connectivity index (χ0) is 11.8. The van der Waals surface area contributed by atoms with E-state index in [0.717, 1.165) is 19.5 Å². The molecule has 0 radical (unpaired) electrons. The van der Waals surface area contributed by atoms with Gasteiger partial charge in [0.2, 0.25) is 0 Å². The molecule has 0 aromatic heterocycles. The summed E-state index contributed by atoms with van der Waals surface area (Å²) in [5.41, 5.74) is 1.44. The molecule has 0 spiro atoms. The number of benzene rings is 1. The van der Waals surface area contributed by atoms with Crippen molar-refractivity contribution in [3.05, 3.63) is 35.9 Å². The Morgan fingerprint density at radius 1 is 1.25 bits per heavy atom. The van der Waals surface area contributed by atoms with Crippen LogP contribution in [0, 0.1) is 0 Å². The molecular formula is C14H24N2. The summed E-state index contributed by atoms with van der Waals surface area (Å²) in [4.78, 5) is 2.45. The van der Waals surface area contributed by atoms with Crippen LogP contribution in [0.1, 0.15) is 18.9 Å². The third kappa shape index (κ3) is 4.33. The van der Waals surface area contributed by atoms with Crippen LogP contribution < -0.4 is 5.32 Å². The van der Waals surface area contributed by atoms with Gasteiger partial charge >= 0.3 is 0 Å². The fraction of sp³-hybridized carbons (Fsp3) is 0.571. The van der Waals surface area contributed by atoms with E-state index in [4.69, 9.17) is 0 Å². The van der Waals surface area contributed by atoms with E-state index >= 15 is 0 Å². The summed E-state index contributed by atoms with van der Waals surface area (Å²) in [5.74, 6) is 0. The molecular weight excluding hydrogens is 196 g/mol. The molecule has 1 N–H and O–H groups in total. The summed E-state index contributed by atoms with van der Waals surface area (Å²) >= 11 is 0. The van der Waals surface area contributed by atoms with Gasteiger partial charge in [0.15, 0.2) is 0 Å². The van der Waals surface area contributed by atoms with E-state index in [1.165, 1.54) is 12.0 Å². The average Bonchev–Trinajstić information content (AvgIpc) is 2.34. The first kappa shape index (κ1) is 13.2. The van der Waals surface area contributed by atoms with Crippen LogP contribution in [0.5, 0.6) is 0 Å². The molecule has 1 aromatic carbocycles. The average molecular weight is 220 g/mol. The van der Waals surface area contributed by atoms with Gasteiger partial charge in [0, 0.05) is 19.1 Å². The monoisotopic (exact) mass is 220 g/mol. The Bertz CT molecular complexity index is 271. The molecule has 0 amide bonds. The van der Waals surface area contributed by atoms with Crippen molar-refractivity contribution in [3.63, 3.8) is 0 Å². The maximum Gasteiger partial charge on any atom is 0.0130 e. The molecule has 90 valence electrons. The smallest absolute Gasteiger partial charge is 0.0130 e. The maximum absolute atomic E-state index is 3.20. The van der Waals surface area contributed by atoms with Crippen LogP contribution in [0.2, 0.25) is 0 Å². The Hall–Kier alpha value is -0.860. The summed E-state index contributed by atoms with van der Waals surface area (Å²) in [6, 6.07) is 11.4. The summed E-state index contributed by atoms with van der Waals surface area (Å²) in [6.07, 6.45) is 2.35. The van der Waals surface area contributed by atoms with Gasteiger partial charge in [-0.25, -0.2) is 0 Å². The maximum atomic E-state index is 3.20. The number of nitrogens with one attached hydrogen (secondary N) is 1. The van der Waals surface area contributed by atoms with Crippen molar-refractivity contribution in [2.75, 3.05) is 27.2 Å². The van der Waals surface area contributed by atoms with Crippen LogP contribution in [0.4, 0.5) is 0 Å². The normalized spacial score (nSPS) is 13.0. The zero-order valence-corrected chi connectivity index (χ0v) is 10.7. The minimum Gasteiger partial charge on any atom is -0.318 e. The third-order valence-electron chi connectivity index (χ3n) is 3.12. The fourth-order valence-electron chi connectivity index (χ4n) is 1.97. The number of likely N-dealkylation sites (N-methyl/N-ethyl adjacent to an activating group) is 2. The van der Waals surface area contributed by atoms with Crippen molar-refractivity contribution in [2.24, 2.45) is 0 Å². The van der Waals surface area contributed by atoms with E-state index < -0.39 is 0 Å². The van der Waals surface area contributed by atoms with Crippen molar-refractivity contribution in [3.8, 4) is 0 Å². The molecule has 1 atom stereocenters. The van der Waals surface area contributed by atoms with Crippen molar-refractivity contribution in [1.82, 2.24) is 10.2 Å². The van der Waals surface area contributed by atoms with Gasteiger partial charge in [-0.15, -0.1) is 0 Å². The van der Waals surface area contributed by atoms with Crippen molar-refractivity contribution >= 4 is 0 Å². The molecule has 1 aromatic rings. The van der Waals surface area contributed by atoms with Gasteiger partial charge in [-0.3, -0.25) is 0 Å². The van der Waals surface area contributed by atoms with E-state index in [9.17, 15) is 0 Å². The lowest BCUT2D eigenvalue weighted by atomic mass is 10.0.